The lowest BCUT2D eigenvalue weighted by Gasteiger charge is -2.51. The number of primary amides is 1. The summed E-state index contributed by atoms with van der Waals surface area (Å²) >= 11 is 0. The maximum absolute atomic E-state index is 12.2. The van der Waals surface area contributed by atoms with Gasteiger partial charge in [0.2, 0.25) is 5.91 Å². The van der Waals surface area contributed by atoms with E-state index in [2.05, 4.69) is 10.2 Å². The van der Waals surface area contributed by atoms with Crippen molar-refractivity contribution in [3.8, 4) is 0 Å². The van der Waals surface area contributed by atoms with E-state index in [9.17, 15) is 4.79 Å². The summed E-state index contributed by atoms with van der Waals surface area (Å²) in [7, 11) is 0. The van der Waals surface area contributed by atoms with Crippen LogP contribution in [0.1, 0.15) is 44.9 Å². The lowest BCUT2D eigenvalue weighted by Crippen LogP contribution is -2.72. The molecular weight excluding hydrogens is 250 g/mol. The fourth-order valence-electron chi connectivity index (χ4n) is 5.62. The molecule has 0 aromatic heterocycles. The van der Waals surface area contributed by atoms with Crippen LogP contribution in [0.3, 0.4) is 0 Å². The average molecular weight is 277 g/mol. The zero-order chi connectivity index (χ0) is 13.7. The summed E-state index contributed by atoms with van der Waals surface area (Å²) in [4.78, 5) is 14.8. The van der Waals surface area contributed by atoms with Crippen LogP contribution in [0.2, 0.25) is 0 Å². The van der Waals surface area contributed by atoms with E-state index < -0.39 is 5.54 Å². The first kappa shape index (κ1) is 13.1. The van der Waals surface area contributed by atoms with Gasteiger partial charge in [-0.3, -0.25) is 9.69 Å². The maximum atomic E-state index is 12.2. The lowest BCUT2D eigenvalue weighted by molar-refractivity contribution is -0.131. The van der Waals surface area contributed by atoms with Gasteiger partial charge in [-0.05, 0) is 44.1 Å². The molecule has 112 valence electrons. The second kappa shape index (κ2) is 4.70. The van der Waals surface area contributed by atoms with Crippen molar-refractivity contribution in [3.05, 3.63) is 0 Å². The van der Waals surface area contributed by atoms with Crippen molar-refractivity contribution in [3.63, 3.8) is 0 Å². The number of hydrogen-bond acceptors (Lipinski definition) is 3. The van der Waals surface area contributed by atoms with Gasteiger partial charge in [-0.2, -0.15) is 0 Å². The quantitative estimate of drug-likeness (QED) is 0.812. The summed E-state index contributed by atoms with van der Waals surface area (Å²) in [6, 6.07) is 0.374. The highest BCUT2D eigenvalue weighted by atomic mass is 16.1. The molecule has 3 N–H and O–H groups in total. The summed E-state index contributed by atoms with van der Waals surface area (Å²) < 4.78 is 0. The van der Waals surface area contributed by atoms with Crippen LogP contribution >= 0.6 is 0 Å². The third-order valence-electron chi connectivity index (χ3n) is 6.55. The number of piperidine rings is 2. The molecule has 0 spiro atoms. The topological polar surface area (TPSA) is 58.4 Å². The largest absolute Gasteiger partial charge is 0.368 e. The minimum atomic E-state index is -0.399. The average Bonchev–Trinajstić information content (AvgIpc) is 2.67. The normalized spacial score (nSPS) is 44.9. The molecule has 0 aromatic carbocycles. The number of nitrogens with zero attached hydrogens (tertiary/aromatic N) is 1. The second-order valence-electron chi connectivity index (χ2n) is 7.62. The van der Waals surface area contributed by atoms with Crippen molar-refractivity contribution in [2.24, 2.45) is 23.5 Å². The van der Waals surface area contributed by atoms with Crippen molar-refractivity contribution in [2.75, 3.05) is 19.6 Å². The summed E-state index contributed by atoms with van der Waals surface area (Å²) in [5.41, 5.74) is 5.43. The fourth-order valence-corrected chi connectivity index (χ4v) is 5.62. The third-order valence-corrected chi connectivity index (χ3v) is 6.55. The minimum Gasteiger partial charge on any atom is -0.368 e. The first-order valence-electron chi connectivity index (χ1n) is 8.49. The molecule has 4 heteroatoms. The molecule has 4 atom stereocenters. The molecule has 4 bridgehead atoms. The number of hydrogen-bond donors (Lipinski definition) is 2. The van der Waals surface area contributed by atoms with Gasteiger partial charge in [-0.15, -0.1) is 0 Å². The number of nitrogens with one attached hydrogen (secondary N) is 1. The SMILES string of the molecule is NC(=O)C12NCC3CC1CN(CC1CCCCC1)C2C3. The van der Waals surface area contributed by atoms with Gasteiger partial charge < -0.3 is 11.1 Å². The monoisotopic (exact) mass is 277 g/mol. The number of carbonyl (C=O) groups is 1. The predicted molar refractivity (Wildman–Crippen MR) is 78.1 cm³/mol. The zero-order valence-electron chi connectivity index (χ0n) is 12.3. The van der Waals surface area contributed by atoms with Gasteiger partial charge in [0.15, 0.2) is 0 Å². The van der Waals surface area contributed by atoms with Crippen LogP contribution in [-0.2, 0) is 4.79 Å². The van der Waals surface area contributed by atoms with E-state index in [1.807, 2.05) is 0 Å². The summed E-state index contributed by atoms with van der Waals surface area (Å²) in [5, 5.41) is 3.54. The Hall–Kier alpha value is -0.610. The molecule has 3 aliphatic heterocycles. The Labute approximate surface area is 121 Å². The zero-order valence-corrected chi connectivity index (χ0v) is 12.3. The number of likely N-dealkylation sites (tertiary alicyclic amines) is 1. The minimum absolute atomic E-state index is 0.100. The molecule has 5 rings (SSSR count). The molecule has 4 unspecified atom stereocenters. The Balaban J connectivity index is 1.54. The summed E-state index contributed by atoms with van der Waals surface area (Å²) in [6.45, 7) is 3.28. The van der Waals surface area contributed by atoms with Crippen LogP contribution in [0.25, 0.3) is 0 Å². The Kier molecular flexibility index (Phi) is 3.08. The van der Waals surface area contributed by atoms with E-state index in [0.717, 1.165) is 24.9 Å². The first-order valence-corrected chi connectivity index (χ1v) is 8.49. The molecule has 5 aliphatic rings. The molecule has 1 amide bonds. The van der Waals surface area contributed by atoms with Crippen molar-refractivity contribution in [1.82, 2.24) is 10.2 Å². The number of carbonyl (C=O) groups excluding carboxylic acids is 1. The van der Waals surface area contributed by atoms with E-state index in [0.29, 0.717) is 12.0 Å². The van der Waals surface area contributed by atoms with Crippen LogP contribution in [0.4, 0.5) is 0 Å². The molecule has 3 saturated heterocycles. The van der Waals surface area contributed by atoms with Gasteiger partial charge in [0.05, 0.1) is 0 Å². The third kappa shape index (κ3) is 1.77. The van der Waals surface area contributed by atoms with Crippen molar-refractivity contribution in [2.45, 2.75) is 56.5 Å². The number of nitrogens with two attached hydrogens (primary N) is 1. The highest BCUT2D eigenvalue weighted by Gasteiger charge is 2.63. The molecule has 2 aliphatic carbocycles. The van der Waals surface area contributed by atoms with Gasteiger partial charge in [0.25, 0.3) is 0 Å². The van der Waals surface area contributed by atoms with Gasteiger partial charge in [-0.25, -0.2) is 0 Å². The van der Waals surface area contributed by atoms with Gasteiger partial charge in [0, 0.05) is 25.0 Å². The van der Waals surface area contributed by atoms with Crippen LogP contribution in [-0.4, -0.2) is 42.0 Å². The molecule has 0 aromatic rings. The van der Waals surface area contributed by atoms with Gasteiger partial charge in [-0.1, -0.05) is 19.3 Å². The number of rotatable bonds is 3. The van der Waals surface area contributed by atoms with Gasteiger partial charge >= 0.3 is 0 Å². The highest BCUT2D eigenvalue weighted by Crippen LogP contribution is 2.49. The van der Waals surface area contributed by atoms with E-state index in [1.54, 1.807) is 0 Å². The molecule has 3 heterocycles. The lowest BCUT2D eigenvalue weighted by atomic mass is 9.64. The van der Waals surface area contributed by atoms with E-state index in [-0.39, 0.29) is 5.91 Å². The molecular formula is C16H27N3O. The number of amides is 1. The highest BCUT2D eigenvalue weighted by molar-refractivity contribution is 5.87. The van der Waals surface area contributed by atoms with Crippen LogP contribution < -0.4 is 11.1 Å². The van der Waals surface area contributed by atoms with Crippen LogP contribution in [0.15, 0.2) is 0 Å². The Morgan fingerprint density at radius 3 is 2.75 bits per heavy atom. The maximum Gasteiger partial charge on any atom is 0.239 e. The van der Waals surface area contributed by atoms with Crippen molar-refractivity contribution in [1.29, 1.82) is 0 Å². The van der Waals surface area contributed by atoms with Crippen molar-refractivity contribution >= 4 is 5.91 Å². The molecule has 20 heavy (non-hydrogen) atoms. The Bertz CT molecular complexity index is 407. The standard InChI is InChI=1S/C16H27N3O/c17-15(20)16-13-6-12(8-18-16)7-14(16)19(10-13)9-11-4-2-1-3-5-11/h11-14,18H,1-10H2,(H2,17,20). The summed E-state index contributed by atoms with van der Waals surface area (Å²) in [6.07, 6.45) is 9.36. The Morgan fingerprint density at radius 1 is 1.25 bits per heavy atom. The van der Waals surface area contributed by atoms with E-state index in [1.165, 1.54) is 51.5 Å². The molecule has 0 radical (unpaired) electrons. The predicted octanol–water partition coefficient (Wildman–Crippen LogP) is 1.10. The molecule has 2 saturated carbocycles. The van der Waals surface area contributed by atoms with E-state index >= 15 is 0 Å². The number of fused-ring (bicyclic) bond motifs is 1. The first-order chi connectivity index (χ1) is 9.70. The smallest absolute Gasteiger partial charge is 0.239 e. The van der Waals surface area contributed by atoms with Gasteiger partial charge in [0.1, 0.15) is 5.54 Å². The molecule has 5 fully saturated rings. The fraction of sp³-hybridized carbons (Fsp3) is 0.938. The van der Waals surface area contributed by atoms with Crippen LogP contribution in [0.5, 0.6) is 0 Å². The van der Waals surface area contributed by atoms with E-state index in [4.69, 9.17) is 5.73 Å². The summed E-state index contributed by atoms with van der Waals surface area (Å²) in [5.74, 6) is 1.98. The molecule has 4 nitrogen and oxygen atoms in total. The Morgan fingerprint density at radius 2 is 2.05 bits per heavy atom. The second-order valence-corrected chi connectivity index (χ2v) is 7.62. The van der Waals surface area contributed by atoms with Crippen LogP contribution in [0, 0.1) is 17.8 Å². The van der Waals surface area contributed by atoms with Crippen molar-refractivity contribution < 1.29 is 4.79 Å².